The summed E-state index contributed by atoms with van der Waals surface area (Å²) in [6, 6.07) is 9.39. The molecular formula is C16H17FN2O2. The van der Waals surface area contributed by atoms with Crippen molar-refractivity contribution in [2.45, 2.75) is 13.8 Å². The first-order valence-electron chi connectivity index (χ1n) is 6.61. The summed E-state index contributed by atoms with van der Waals surface area (Å²) >= 11 is 0. The largest absolute Gasteiger partial charge is 0.491 e. The number of aryl methyl sites for hydroxylation is 1. The summed E-state index contributed by atoms with van der Waals surface area (Å²) in [6.07, 6.45) is 0. The van der Waals surface area contributed by atoms with E-state index >= 15 is 0 Å². The maximum Gasteiger partial charge on any atom is 0.256 e. The summed E-state index contributed by atoms with van der Waals surface area (Å²) in [5.41, 5.74) is 7.81. The molecule has 0 bridgehead atoms. The van der Waals surface area contributed by atoms with E-state index in [0.717, 1.165) is 5.56 Å². The lowest BCUT2D eigenvalue weighted by atomic mass is 10.1. The molecule has 3 N–H and O–H groups in total. The molecule has 5 heteroatoms. The molecule has 2 aromatic carbocycles. The lowest BCUT2D eigenvalue weighted by Crippen LogP contribution is -2.14. The maximum atomic E-state index is 13.7. The van der Waals surface area contributed by atoms with E-state index < -0.39 is 5.82 Å². The van der Waals surface area contributed by atoms with Crippen molar-refractivity contribution in [3.8, 4) is 5.75 Å². The minimum absolute atomic E-state index is 0.163. The van der Waals surface area contributed by atoms with Crippen LogP contribution in [0, 0.1) is 12.7 Å². The number of anilines is 2. The SMILES string of the molecule is CCOc1ccc(NC(=O)c2cc(N)ccc2C)cc1F. The quantitative estimate of drug-likeness (QED) is 0.848. The van der Waals surface area contributed by atoms with Gasteiger partial charge in [-0.25, -0.2) is 4.39 Å². The normalized spacial score (nSPS) is 10.2. The number of nitrogens with two attached hydrogens (primary N) is 1. The Morgan fingerprint density at radius 3 is 2.71 bits per heavy atom. The fourth-order valence-electron chi connectivity index (χ4n) is 1.93. The van der Waals surface area contributed by atoms with Gasteiger partial charge in [0.1, 0.15) is 0 Å². The van der Waals surface area contributed by atoms with Crippen molar-refractivity contribution >= 4 is 17.3 Å². The molecule has 4 nitrogen and oxygen atoms in total. The summed E-state index contributed by atoms with van der Waals surface area (Å²) in [6.45, 7) is 3.97. The number of rotatable bonds is 4. The van der Waals surface area contributed by atoms with Crippen LogP contribution in [0.2, 0.25) is 0 Å². The smallest absolute Gasteiger partial charge is 0.256 e. The average Bonchev–Trinajstić information content (AvgIpc) is 2.44. The Bertz CT molecular complexity index is 671. The van der Waals surface area contributed by atoms with Crippen LogP contribution in [0.1, 0.15) is 22.8 Å². The molecule has 0 fully saturated rings. The molecule has 0 aliphatic heterocycles. The third-order valence-corrected chi connectivity index (χ3v) is 3.00. The van der Waals surface area contributed by atoms with Crippen molar-refractivity contribution in [1.29, 1.82) is 0 Å². The van der Waals surface area contributed by atoms with Gasteiger partial charge in [0.05, 0.1) is 6.61 Å². The van der Waals surface area contributed by atoms with Gasteiger partial charge in [-0.3, -0.25) is 4.79 Å². The molecule has 2 aromatic rings. The van der Waals surface area contributed by atoms with E-state index in [-0.39, 0.29) is 11.7 Å². The van der Waals surface area contributed by atoms with E-state index in [0.29, 0.717) is 23.5 Å². The lowest BCUT2D eigenvalue weighted by Gasteiger charge is -2.10. The number of hydrogen-bond acceptors (Lipinski definition) is 3. The highest BCUT2D eigenvalue weighted by Crippen LogP contribution is 2.22. The topological polar surface area (TPSA) is 64.3 Å². The minimum Gasteiger partial charge on any atom is -0.491 e. The van der Waals surface area contributed by atoms with Crippen molar-refractivity contribution < 1.29 is 13.9 Å². The second-order valence-electron chi connectivity index (χ2n) is 4.61. The van der Waals surface area contributed by atoms with Gasteiger partial charge < -0.3 is 15.8 Å². The van der Waals surface area contributed by atoms with Crippen molar-refractivity contribution in [2.24, 2.45) is 0 Å². The predicted molar refractivity (Wildman–Crippen MR) is 81.1 cm³/mol. The Kier molecular flexibility index (Phi) is 4.42. The minimum atomic E-state index is -0.515. The van der Waals surface area contributed by atoms with E-state index in [1.165, 1.54) is 12.1 Å². The van der Waals surface area contributed by atoms with Gasteiger partial charge in [0.2, 0.25) is 0 Å². The van der Waals surface area contributed by atoms with Crippen LogP contribution >= 0.6 is 0 Å². The van der Waals surface area contributed by atoms with Gasteiger partial charge in [-0.2, -0.15) is 0 Å². The van der Waals surface area contributed by atoms with Crippen LogP contribution in [0.15, 0.2) is 36.4 Å². The van der Waals surface area contributed by atoms with Crippen molar-refractivity contribution in [1.82, 2.24) is 0 Å². The van der Waals surface area contributed by atoms with Gasteiger partial charge in [0.25, 0.3) is 5.91 Å². The third-order valence-electron chi connectivity index (χ3n) is 3.00. The van der Waals surface area contributed by atoms with E-state index in [9.17, 15) is 9.18 Å². The van der Waals surface area contributed by atoms with E-state index in [1.54, 1.807) is 31.2 Å². The monoisotopic (exact) mass is 288 g/mol. The molecule has 21 heavy (non-hydrogen) atoms. The molecule has 2 rings (SSSR count). The molecule has 1 amide bonds. The Balaban J connectivity index is 2.19. The van der Waals surface area contributed by atoms with Crippen LogP contribution in [0.5, 0.6) is 5.75 Å². The Labute approximate surface area is 122 Å². The van der Waals surface area contributed by atoms with Gasteiger partial charge in [0.15, 0.2) is 11.6 Å². The number of nitrogen functional groups attached to an aromatic ring is 1. The van der Waals surface area contributed by atoms with Crippen molar-refractivity contribution in [2.75, 3.05) is 17.7 Å². The molecule has 0 radical (unpaired) electrons. The summed E-state index contributed by atoms with van der Waals surface area (Å²) in [5, 5.41) is 2.65. The Morgan fingerprint density at radius 1 is 1.29 bits per heavy atom. The number of amides is 1. The Morgan fingerprint density at radius 2 is 2.05 bits per heavy atom. The Hall–Kier alpha value is -2.56. The van der Waals surface area contributed by atoms with E-state index in [1.807, 2.05) is 6.92 Å². The molecule has 0 unspecified atom stereocenters. The molecule has 0 aliphatic rings. The second-order valence-corrected chi connectivity index (χ2v) is 4.61. The van der Waals surface area contributed by atoms with Gasteiger partial charge in [-0.1, -0.05) is 6.07 Å². The zero-order valence-electron chi connectivity index (χ0n) is 11.9. The summed E-state index contributed by atoms with van der Waals surface area (Å²) in [7, 11) is 0. The van der Waals surface area contributed by atoms with Crippen LogP contribution in [0.3, 0.4) is 0 Å². The first kappa shape index (κ1) is 14.8. The number of hydrogen-bond donors (Lipinski definition) is 2. The molecular weight excluding hydrogens is 271 g/mol. The molecule has 0 aromatic heterocycles. The van der Waals surface area contributed by atoms with Gasteiger partial charge in [-0.15, -0.1) is 0 Å². The van der Waals surface area contributed by atoms with Crippen LogP contribution in [0.4, 0.5) is 15.8 Å². The molecule has 0 atom stereocenters. The highest BCUT2D eigenvalue weighted by molar-refractivity contribution is 6.05. The number of carbonyl (C=O) groups excluding carboxylic acids is 1. The summed E-state index contributed by atoms with van der Waals surface area (Å²) in [4.78, 5) is 12.2. The van der Waals surface area contributed by atoms with E-state index in [2.05, 4.69) is 5.32 Å². The number of ether oxygens (including phenoxy) is 1. The first-order valence-corrected chi connectivity index (χ1v) is 6.61. The summed E-state index contributed by atoms with van der Waals surface area (Å²) < 4.78 is 18.8. The third kappa shape index (κ3) is 3.51. The average molecular weight is 288 g/mol. The van der Waals surface area contributed by atoms with Crippen molar-refractivity contribution in [3.63, 3.8) is 0 Å². The number of halogens is 1. The molecule has 0 heterocycles. The molecule has 110 valence electrons. The van der Waals surface area contributed by atoms with Crippen molar-refractivity contribution in [3.05, 3.63) is 53.3 Å². The van der Waals surface area contributed by atoms with Gasteiger partial charge in [-0.05, 0) is 43.7 Å². The summed E-state index contributed by atoms with van der Waals surface area (Å²) in [5.74, 6) is -0.682. The van der Waals surface area contributed by atoms with Crippen LogP contribution in [0.25, 0.3) is 0 Å². The zero-order valence-corrected chi connectivity index (χ0v) is 11.9. The molecule has 0 saturated carbocycles. The molecule has 0 saturated heterocycles. The predicted octanol–water partition coefficient (Wildman–Crippen LogP) is 3.37. The van der Waals surface area contributed by atoms with Gasteiger partial charge >= 0.3 is 0 Å². The number of carbonyl (C=O) groups is 1. The maximum absolute atomic E-state index is 13.7. The fraction of sp³-hybridized carbons (Fsp3) is 0.188. The standard InChI is InChI=1S/C16H17FN2O2/c1-3-21-15-7-6-12(9-14(15)17)19-16(20)13-8-11(18)5-4-10(13)2/h4-9H,3,18H2,1-2H3,(H,19,20). The fourth-order valence-corrected chi connectivity index (χ4v) is 1.93. The molecule has 0 aliphatic carbocycles. The number of nitrogens with one attached hydrogen (secondary N) is 1. The first-order chi connectivity index (χ1) is 10.0. The van der Waals surface area contributed by atoms with Crippen LogP contribution < -0.4 is 15.8 Å². The van der Waals surface area contributed by atoms with Crippen LogP contribution in [-0.2, 0) is 0 Å². The number of benzene rings is 2. The lowest BCUT2D eigenvalue weighted by molar-refractivity contribution is 0.102. The second kappa shape index (κ2) is 6.26. The zero-order chi connectivity index (χ0) is 15.4. The molecule has 0 spiro atoms. The van der Waals surface area contributed by atoms with E-state index in [4.69, 9.17) is 10.5 Å². The highest BCUT2D eigenvalue weighted by Gasteiger charge is 2.11. The van der Waals surface area contributed by atoms with Crippen LogP contribution in [-0.4, -0.2) is 12.5 Å². The highest BCUT2D eigenvalue weighted by atomic mass is 19.1. The van der Waals surface area contributed by atoms with Gasteiger partial charge in [0, 0.05) is 23.0 Å².